The van der Waals surface area contributed by atoms with E-state index in [1.807, 2.05) is 45.9 Å². The summed E-state index contributed by atoms with van der Waals surface area (Å²) in [6.07, 6.45) is 3.80. The van der Waals surface area contributed by atoms with Gasteiger partial charge in [0.25, 0.3) is 0 Å². The van der Waals surface area contributed by atoms with E-state index in [-0.39, 0.29) is 17.6 Å². The number of para-hydroxylation sites is 3. The number of nitrogens with one attached hydrogen (secondary N) is 1. The van der Waals surface area contributed by atoms with Crippen molar-refractivity contribution in [2.45, 2.75) is 49.8 Å². The number of hydrogen-bond donors (Lipinski definition) is 1. The standard InChI is InChI=1S/C33H32BrN7O2S/c34-23-14-12-22(13-15-23)21-40-27-9-3-1-7-25(27)30-31(40)36-32(38-37-30)44-20-6-5-11-29(42)39-18-16-24(17-19-39)41-28-10-4-2-8-26(28)35-33(41)43/h1-4,7-10,12-15,24H,5-6,11,16-21H2,(H,35,43). The molecule has 6 aromatic rings. The Morgan fingerprint density at radius 3 is 2.50 bits per heavy atom. The molecule has 0 spiro atoms. The van der Waals surface area contributed by atoms with Crippen molar-refractivity contribution in [2.24, 2.45) is 0 Å². The molecule has 0 saturated carbocycles. The number of fused-ring (bicyclic) bond motifs is 4. The van der Waals surface area contributed by atoms with E-state index in [1.165, 1.54) is 5.56 Å². The first kappa shape index (κ1) is 28.8. The van der Waals surface area contributed by atoms with Gasteiger partial charge >= 0.3 is 5.69 Å². The number of H-pyrrole nitrogens is 1. The van der Waals surface area contributed by atoms with E-state index in [4.69, 9.17) is 4.98 Å². The van der Waals surface area contributed by atoms with E-state index in [1.54, 1.807) is 11.8 Å². The Bertz CT molecular complexity index is 2010. The van der Waals surface area contributed by atoms with Crippen LogP contribution in [0.25, 0.3) is 33.1 Å². The van der Waals surface area contributed by atoms with Crippen LogP contribution in [0.5, 0.6) is 0 Å². The quantitative estimate of drug-likeness (QED) is 0.138. The van der Waals surface area contributed by atoms with Gasteiger partial charge in [0, 0.05) is 47.7 Å². The Kier molecular flexibility index (Phi) is 8.22. The van der Waals surface area contributed by atoms with Gasteiger partial charge in [0.1, 0.15) is 5.52 Å². The van der Waals surface area contributed by atoms with Crippen molar-refractivity contribution >= 4 is 66.7 Å². The number of benzene rings is 3. The molecule has 9 nitrogen and oxygen atoms in total. The van der Waals surface area contributed by atoms with Crippen LogP contribution in [0.15, 0.2) is 87.2 Å². The number of piperidine rings is 1. The van der Waals surface area contributed by atoms with Crippen molar-refractivity contribution < 1.29 is 4.79 Å². The summed E-state index contributed by atoms with van der Waals surface area (Å²) in [7, 11) is 0. The van der Waals surface area contributed by atoms with Crippen molar-refractivity contribution in [3.63, 3.8) is 0 Å². The molecular weight excluding hydrogens is 638 g/mol. The third-order valence-electron chi connectivity index (χ3n) is 8.43. The lowest BCUT2D eigenvalue weighted by Crippen LogP contribution is -2.40. The number of halogens is 1. The van der Waals surface area contributed by atoms with Crippen molar-refractivity contribution in [3.8, 4) is 0 Å². The maximum absolute atomic E-state index is 12.9. The van der Waals surface area contributed by atoms with Crippen LogP contribution in [0.1, 0.15) is 43.7 Å². The summed E-state index contributed by atoms with van der Waals surface area (Å²) in [4.78, 5) is 35.3. The first-order valence-corrected chi connectivity index (χ1v) is 16.8. The number of amides is 1. The highest BCUT2D eigenvalue weighted by molar-refractivity contribution is 9.10. The first-order valence-electron chi connectivity index (χ1n) is 15.0. The van der Waals surface area contributed by atoms with Gasteiger partial charge in [0.2, 0.25) is 11.1 Å². The lowest BCUT2D eigenvalue weighted by atomic mass is 10.0. The average Bonchev–Trinajstić information content (AvgIpc) is 3.55. The number of aromatic nitrogens is 6. The Balaban J connectivity index is 0.933. The van der Waals surface area contributed by atoms with Crippen LogP contribution in [-0.4, -0.2) is 58.9 Å². The molecule has 1 amide bonds. The van der Waals surface area contributed by atoms with Gasteiger partial charge in [-0.15, -0.1) is 10.2 Å². The molecule has 1 N–H and O–H groups in total. The lowest BCUT2D eigenvalue weighted by Gasteiger charge is -2.32. The number of carbonyl (C=O) groups is 1. The molecule has 3 aromatic carbocycles. The van der Waals surface area contributed by atoms with Crippen molar-refractivity contribution in [1.29, 1.82) is 0 Å². The van der Waals surface area contributed by atoms with E-state index < -0.39 is 0 Å². The Hall–Kier alpha value is -3.96. The van der Waals surface area contributed by atoms with Gasteiger partial charge in [-0.3, -0.25) is 9.36 Å². The number of imidazole rings is 1. The smallest absolute Gasteiger partial charge is 0.326 e. The van der Waals surface area contributed by atoms with E-state index in [0.29, 0.717) is 31.2 Å². The highest BCUT2D eigenvalue weighted by Crippen LogP contribution is 2.29. The summed E-state index contributed by atoms with van der Waals surface area (Å²) in [6.45, 7) is 2.05. The second-order valence-electron chi connectivity index (χ2n) is 11.2. The van der Waals surface area contributed by atoms with Crippen molar-refractivity contribution in [1.82, 2.24) is 34.2 Å². The Labute approximate surface area is 266 Å². The van der Waals surface area contributed by atoms with Gasteiger partial charge in [-0.25, -0.2) is 9.78 Å². The Morgan fingerprint density at radius 2 is 1.68 bits per heavy atom. The third kappa shape index (κ3) is 5.78. The molecule has 224 valence electrons. The molecular formula is C33H32BrN7O2S. The zero-order valence-electron chi connectivity index (χ0n) is 24.2. The van der Waals surface area contributed by atoms with Crippen molar-refractivity contribution in [2.75, 3.05) is 18.8 Å². The van der Waals surface area contributed by atoms with E-state index in [2.05, 4.69) is 72.1 Å². The van der Waals surface area contributed by atoms with E-state index in [0.717, 1.165) is 69.0 Å². The van der Waals surface area contributed by atoms with Gasteiger partial charge in [-0.1, -0.05) is 70.2 Å². The van der Waals surface area contributed by atoms with Gasteiger partial charge in [0.15, 0.2) is 5.65 Å². The minimum absolute atomic E-state index is 0.0714. The molecule has 0 bridgehead atoms. The monoisotopic (exact) mass is 669 g/mol. The van der Waals surface area contributed by atoms with Crippen LogP contribution in [0.3, 0.4) is 0 Å². The SMILES string of the molecule is O=C(CCCCSc1nnc2c3ccccc3n(Cc3ccc(Br)cc3)c2n1)N1CCC(n2c(=O)[nH]c3ccccc32)CC1. The summed E-state index contributed by atoms with van der Waals surface area (Å²) in [5.41, 5.74) is 5.64. The number of carbonyl (C=O) groups excluding carboxylic acids is 1. The molecule has 1 aliphatic heterocycles. The van der Waals surface area contributed by atoms with Gasteiger partial charge in [0.05, 0.1) is 16.6 Å². The fraction of sp³-hybridized carbons (Fsp3) is 0.303. The van der Waals surface area contributed by atoms with Gasteiger partial charge in [-0.05, 0) is 61.6 Å². The molecule has 1 aliphatic rings. The molecule has 7 rings (SSSR count). The number of aromatic amines is 1. The summed E-state index contributed by atoms with van der Waals surface area (Å²) in [5, 5.41) is 10.7. The van der Waals surface area contributed by atoms with E-state index in [9.17, 15) is 9.59 Å². The average molecular weight is 671 g/mol. The molecule has 4 heterocycles. The fourth-order valence-corrected chi connectivity index (χ4v) is 7.24. The number of thioether (sulfide) groups is 1. The maximum atomic E-state index is 12.9. The number of nitrogens with zero attached hydrogens (tertiary/aromatic N) is 6. The second-order valence-corrected chi connectivity index (χ2v) is 13.2. The van der Waals surface area contributed by atoms with E-state index >= 15 is 0 Å². The normalized spacial score (nSPS) is 14.2. The number of likely N-dealkylation sites (tertiary alicyclic amines) is 1. The predicted molar refractivity (Wildman–Crippen MR) is 178 cm³/mol. The summed E-state index contributed by atoms with van der Waals surface area (Å²) < 4.78 is 5.13. The van der Waals surface area contributed by atoms with Crippen LogP contribution in [0, 0.1) is 0 Å². The Morgan fingerprint density at radius 1 is 0.932 bits per heavy atom. The molecule has 3 aromatic heterocycles. The van der Waals surface area contributed by atoms with Crippen LogP contribution in [0.4, 0.5) is 0 Å². The van der Waals surface area contributed by atoms with Crippen LogP contribution >= 0.6 is 27.7 Å². The molecule has 0 aliphatic carbocycles. The minimum atomic E-state index is -0.0714. The third-order valence-corrected chi connectivity index (χ3v) is 9.88. The van der Waals surface area contributed by atoms with Crippen molar-refractivity contribution in [3.05, 3.63) is 93.3 Å². The first-order chi connectivity index (χ1) is 21.5. The fourth-order valence-electron chi connectivity index (χ4n) is 6.19. The number of hydrogen-bond acceptors (Lipinski definition) is 6. The molecule has 0 radical (unpaired) electrons. The highest BCUT2D eigenvalue weighted by atomic mass is 79.9. The zero-order valence-corrected chi connectivity index (χ0v) is 26.6. The second kappa shape index (κ2) is 12.6. The number of unbranched alkanes of at least 4 members (excludes halogenated alkanes) is 1. The molecule has 1 saturated heterocycles. The minimum Gasteiger partial charge on any atom is -0.343 e. The summed E-state index contributed by atoms with van der Waals surface area (Å²) in [6, 6.07) is 24.5. The maximum Gasteiger partial charge on any atom is 0.326 e. The van der Waals surface area contributed by atoms with Crippen LogP contribution in [-0.2, 0) is 11.3 Å². The highest BCUT2D eigenvalue weighted by Gasteiger charge is 2.25. The molecule has 44 heavy (non-hydrogen) atoms. The van der Waals surface area contributed by atoms with Gasteiger partial charge < -0.3 is 14.5 Å². The topological polar surface area (TPSA) is 102 Å². The zero-order chi connectivity index (χ0) is 30.0. The van der Waals surface area contributed by atoms with Crippen LogP contribution in [0.2, 0.25) is 0 Å². The summed E-state index contributed by atoms with van der Waals surface area (Å²) in [5.74, 6) is 1.01. The largest absolute Gasteiger partial charge is 0.343 e. The summed E-state index contributed by atoms with van der Waals surface area (Å²) >= 11 is 5.11. The van der Waals surface area contributed by atoms with Gasteiger partial charge in [-0.2, -0.15) is 0 Å². The molecule has 0 unspecified atom stereocenters. The molecule has 11 heteroatoms. The predicted octanol–water partition coefficient (Wildman–Crippen LogP) is 6.56. The molecule has 0 atom stereocenters. The van der Waals surface area contributed by atoms with Crippen LogP contribution < -0.4 is 5.69 Å². The molecule has 1 fully saturated rings. The number of rotatable bonds is 9. The lowest BCUT2D eigenvalue weighted by molar-refractivity contribution is -0.132.